The molecule has 2 rings (SSSR count). The van der Waals surface area contributed by atoms with Crippen molar-refractivity contribution in [1.82, 2.24) is 4.57 Å². The number of hydrogen-bond donors (Lipinski definition) is 1. The van der Waals surface area contributed by atoms with Crippen LogP contribution in [0.3, 0.4) is 0 Å². The molecule has 0 amide bonds. The summed E-state index contributed by atoms with van der Waals surface area (Å²) in [6.07, 6.45) is 2.91. The molecule has 0 aliphatic rings. The van der Waals surface area contributed by atoms with Gasteiger partial charge in [0.15, 0.2) is 0 Å². The number of aliphatic hydroxyl groups is 1. The van der Waals surface area contributed by atoms with E-state index in [0.717, 1.165) is 24.4 Å². The Bertz CT molecular complexity index is 436. The van der Waals surface area contributed by atoms with Gasteiger partial charge in [0.2, 0.25) is 0 Å². The lowest BCUT2D eigenvalue weighted by Gasteiger charge is -2.08. The van der Waals surface area contributed by atoms with Crippen molar-refractivity contribution in [3.8, 4) is 5.75 Å². The van der Waals surface area contributed by atoms with Gasteiger partial charge in [0.05, 0.1) is 13.2 Å². The Morgan fingerprint density at radius 1 is 1.06 bits per heavy atom. The Hall–Kier alpha value is -1.74. The van der Waals surface area contributed by atoms with Gasteiger partial charge in [-0.2, -0.15) is 0 Å². The van der Waals surface area contributed by atoms with E-state index in [0.29, 0.717) is 6.61 Å². The Kier molecular flexibility index (Phi) is 4.22. The summed E-state index contributed by atoms with van der Waals surface area (Å²) in [6.45, 7) is 1.65. The van der Waals surface area contributed by atoms with Gasteiger partial charge in [-0.15, -0.1) is 0 Å². The third-order valence-corrected chi connectivity index (χ3v) is 2.64. The predicted molar refractivity (Wildman–Crippen MR) is 66.9 cm³/mol. The SMILES string of the molecule is OCc1cccn1CCCOc1ccccc1. The van der Waals surface area contributed by atoms with Crippen LogP contribution in [-0.2, 0) is 13.2 Å². The fourth-order valence-electron chi connectivity index (χ4n) is 1.75. The molecule has 3 nitrogen and oxygen atoms in total. The van der Waals surface area contributed by atoms with Crippen molar-refractivity contribution >= 4 is 0 Å². The molecular weight excluding hydrogens is 214 g/mol. The molecule has 1 N–H and O–H groups in total. The molecule has 0 bridgehead atoms. The molecule has 0 unspecified atom stereocenters. The van der Waals surface area contributed by atoms with E-state index in [2.05, 4.69) is 0 Å². The maximum atomic E-state index is 9.09. The third-order valence-electron chi connectivity index (χ3n) is 2.64. The minimum atomic E-state index is 0.0898. The van der Waals surface area contributed by atoms with Crippen LogP contribution in [-0.4, -0.2) is 16.3 Å². The summed E-state index contributed by atoms with van der Waals surface area (Å²) >= 11 is 0. The monoisotopic (exact) mass is 231 g/mol. The van der Waals surface area contributed by atoms with Crippen LogP contribution in [0.2, 0.25) is 0 Å². The van der Waals surface area contributed by atoms with Crippen LogP contribution in [0.5, 0.6) is 5.75 Å². The largest absolute Gasteiger partial charge is 0.494 e. The van der Waals surface area contributed by atoms with Crippen molar-refractivity contribution in [3.63, 3.8) is 0 Å². The lowest BCUT2D eigenvalue weighted by Crippen LogP contribution is -2.06. The highest BCUT2D eigenvalue weighted by molar-refractivity contribution is 5.20. The van der Waals surface area contributed by atoms with Gasteiger partial charge in [-0.25, -0.2) is 0 Å². The van der Waals surface area contributed by atoms with Gasteiger partial charge >= 0.3 is 0 Å². The topological polar surface area (TPSA) is 34.4 Å². The highest BCUT2D eigenvalue weighted by Gasteiger charge is 1.98. The Morgan fingerprint density at radius 2 is 1.88 bits per heavy atom. The summed E-state index contributed by atoms with van der Waals surface area (Å²) in [5.74, 6) is 0.905. The van der Waals surface area contributed by atoms with E-state index in [-0.39, 0.29) is 6.61 Å². The fraction of sp³-hybridized carbons (Fsp3) is 0.286. The number of nitrogens with zero attached hydrogens (tertiary/aromatic N) is 1. The molecule has 0 atom stereocenters. The first kappa shape index (κ1) is 11.7. The van der Waals surface area contributed by atoms with Gasteiger partial charge in [-0.05, 0) is 30.7 Å². The summed E-state index contributed by atoms with van der Waals surface area (Å²) in [5.41, 5.74) is 0.949. The molecule has 0 aliphatic carbocycles. The minimum Gasteiger partial charge on any atom is -0.494 e. The molecule has 0 saturated carbocycles. The number of benzene rings is 1. The van der Waals surface area contributed by atoms with Crippen molar-refractivity contribution in [2.24, 2.45) is 0 Å². The summed E-state index contributed by atoms with van der Waals surface area (Å²) in [4.78, 5) is 0. The van der Waals surface area contributed by atoms with Crippen LogP contribution in [0.25, 0.3) is 0 Å². The molecule has 0 aliphatic heterocycles. The van der Waals surface area contributed by atoms with Crippen molar-refractivity contribution in [2.45, 2.75) is 19.6 Å². The van der Waals surface area contributed by atoms with Crippen molar-refractivity contribution in [2.75, 3.05) is 6.61 Å². The van der Waals surface area contributed by atoms with Crippen molar-refractivity contribution in [3.05, 3.63) is 54.4 Å². The molecule has 0 saturated heterocycles. The molecule has 0 spiro atoms. The number of rotatable bonds is 6. The zero-order chi connectivity index (χ0) is 11.9. The lowest BCUT2D eigenvalue weighted by molar-refractivity contribution is 0.265. The van der Waals surface area contributed by atoms with Gasteiger partial charge in [-0.1, -0.05) is 18.2 Å². The number of para-hydroxylation sites is 1. The number of ether oxygens (including phenoxy) is 1. The Morgan fingerprint density at radius 3 is 2.65 bits per heavy atom. The zero-order valence-corrected chi connectivity index (χ0v) is 9.75. The van der Waals surface area contributed by atoms with Crippen LogP contribution in [0.15, 0.2) is 48.7 Å². The first-order valence-corrected chi connectivity index (χ1v) is 5.83. The fourth-order valence-corrected chi connectivity index (χ4v) is 1.75. The molecular formula is C14H17NO2. The normalized spacial score (nSPS) is 10.4. The zero-order valence-electron chi connectivity index (χ0n) is 9.75. The van der Waals surface area contributed by atoms with E-state index in [1.54, 1.807) is 0 Å². The van der Waals surface area contributed by atoms with Crippen LogP contribution < -0.4 is 4.74 Å². The summed E-state index contributed by atoms with van der Waals surface area (Å²) < 4.78 is 7.65. The third kappa shape index (κ3) is 3.36. The summed E-state index contributed by atoms with van der Waals surface area (Å²) in [7, 11) is 0. The smallest absolute Gasteiger partial charge is 0.119 e. The van der Waals surface area contributed by atoms with E-state index >= 15 is 0 Å². The second-order valence-corrected chi connectivity index (χ2v) is 3.87. The lowest BCUT2D eigenvalue weighted by atomic mass is 10.3. The van der Waals surface area contributed by atoms with Crippen LogP contribution in [0.4, 0.5) is 0 Å². The summed E-state index contributed by atoms with van der Waals surface area (Å²) in [6, 6.07) is 13.7. The van der Waals surface area contributed by atoms with E-state index in [1.807, 2.05) is 53.2 Å². The second kappa shape index (κ2) is 6.11. The molecule has 1 aromatic carbocycles. The van der Waals surface area contributed by atoms with E-state index < -0.39 is 0 Å². The Balaban J connectivity index is 1.73. The molecule has 0 fully saturated rings. The van der Waals surface area contributed by atoms with E-state index in [9.17, 15) is 0 Å². The maximum absolute atomic E-state index is 9.09. The van der Waals surface area contributed by atoms with Crippen LogP contribution in [0.1, 0.15) is 12.1 Å². The van der Waals surface area contributed by atoms with Crippen molar-refractivity contribution in [1.29, 1.82) is 0 Å². The van der Waals surface area contributed by atoms with E-state index in [1.165, 1.54) is 0 Å². The van der Waals surface area contributed by atoms with Gasteiger partial charge in [0, 0.05) is 18.4 Å². The minimum absolute atomic E-state index is 0.0898. The van der Waals surface area contributed by atoms with Crippen LogP contribution in [0, 0.1) is 0 Å². The number of hydrogen-bond acceptors (Lipinski definition) is 2. The standard InChI is InChI=1S/C14H17NO2/c16-12-13-6-4-9-15(13)10-5-11-17-14-7-2-1-3-8-14/h1-4,6-9,16H,5,10-12H2. The molecule has 90 valence electrons. The highest BCUT2D eigenvalue weighted by Crippen LogP contribution is 2.09. The quantitative estimate of drug-likeness (QED) is 0.775. The van der Waals surface area contributed by atoms with Gasteiger partial charge < -0.3 is 14.4 Å². The summed E-state index contributed by atoms with van der Waals surface area (Å²) in [5, 5.41) is 9.09. The molecule has 17 heavy (non-hydrogen) atoms. The first-order valence-electron chi connectivity index (χ1n) is 5.83. The molecule has 3 heteroatoms. The average molecular weight is 231 g/mol. The van der Waals surface area contributed by atoms with Crippen molar-refractivity contribution < 1.29 is 9.84 Å². The number of aromatic nitrogens is 1. The molecule has 1 heterocycles. The first-order chi connectivity index (χ1) is 8.40. The number of aryl methyl sites for hydroxylation is 1. The Labute approximate surface area is 101 Å². The van der Waals surface area contributed by atoms with Gasteiger partial charge in [0.25, 0.3) is 0 Å². The highest BCUT2D eigenvalue weighted by atomic mass is 16.5. The average Bonchev–Trinajstić information content (AvgIpc) is 2.83. The molecule has 1 aromatic heterocycles. The predicted octanol–water partition coefficient (Wildman–Crippen LogP) is 2.45. The second-order valence-electron chi connectivity index (χ2n) is 3.87. The number of aliphatic hydroxyl groups excluding tert-OH is 1. The van der Waals surface area contributed by atoms with Gasteiger partial charge in [-0.3, -0.25) is 0 Å². The molecule has 2 aromatic rings. The molecule has 0 radical (unpaired) electrons. The maximum Gasteiger partial charge on any atom is 0.119 e. The van der Waals surface area contributed by atoms with Crippen LogP contribution >= 0.6 is 0 Å². The van der Waals surface area contributed by atoms with Gasteiger partial charge in [0.1, 0.15) is 5.75 Å². The van der Waals surface area contributed by atoms with E-state index in [4.69, 9.17) is 9.84 Å².